The van der Waals surface area contributed by atoms with Gasteiger partial charge in [0.1, 0.15) is 11.6 Å². The maximum atomic E-state index is 5.16. The summed E-state index contributed by atoms with van der Waals surface area (Å²) in [4.78, 5) is 16.3. The number of methoxy groups -OCH3 is 1. The topological polar surface area (TPSA) is 63.2 Å². The lowest BCUT2D eigenvalue weighted by atomic mass is 9.76. The van der Waals surface area contributed by atoms with Gasteiger partial charge in [-0.25, -0.2) is 9.97 Å². The van der Waals surface area contributed by atoms with Crippen LogP contribution in [0.15, 0.2) is 24.5 Å². The second kappa shape index (κ2) is 8.53. The average molecular weight is 382 g/mol. The molecule has 0 bridgehead atoms. The van der Waals surface area contributed by atoms with Crippen LogP contribution in [0.2, 0.25) is 0 Å². The van der Waals surface area contributed by atoms with Crippen molar-refractivity contribution in [2.75, 3.05) is 38.7 Å². The quantitative estimate of drug-likeness (QED) is 0.744. The van der Waals surface area contributed by atoms with Crippen LogP contribution in [0.3, 0.4) is 0 Å². The number of likely N-dealkylation sites (tertiary alicyclic amines) is 1. The molecule has 1 aliphatic heterocycles. The van der Waals surface area contributed by atoms with Gasteiger partial charge in [-0.1, -0.05) is 0 Å². The Morgan fingerprint density at radius 2 is 1.93 bits per heavy atom. The monoisotopic (exact) mass is 381 g/mol. The maximum Gasteiger partial charge on any atom is 0.133 e. The molecule has 1 saturated heterocycles. The summed E-state index contributed by atoms with van der Waals surface area (Å²) < 4.78 is 5.16. The van der Waals surface area contributed by atoms with E-state index in [1.807, 2.05) is 19.3 Å². The Balaban J connectivity index is 1.45. The minimum atomic E-state index is 0.237. The fourth-order valence-electron chi connectivity index (χ4n) is 4.70. The molecular weight excluding hydrogens is 350 g/mol. The average Bonchev–Trinajstić information content (AvgIpc) is 3.06. The Labute approximate surface area is 167 Å². The molecule has 1 spiro atoms. The molecule has 0 unspecified atom stereocenters. The van der Waals surface area contributed by atoms with E-state index in [0.29, 0.717) is 0 Å². The number of rotatable bonds is 7. The molecule has 4 rings (SSSR count). The first-order chi connectivity index (χ1) is 13.7. The summed E-state index contributed by atoms with van der Waals surface area (Å²) in [6, 6.07) is 4.24. The van der Waals surface area contributed by atoms with Crippen LogP contribution < -0.4 is 5.32 Å². The molecule has 1 N–H and O–H groups in total. The van der Waals surface area contributed by atoms with E-state index < -0.39 is 0 Å². The highest BCUT2D eigenvalue weighted by atomic mass is 16.5. The van der Waals surface area contributed by atoms with Crippen molar-refractivity contribution >= 4 is 5.82 Å². The van der Waals surface area contributed by atoms with Gasteiger partial charge in [0, 0.05) is 50.2 Å². The Bertz CT molecular complexity index is 787. The molecule has 0 saturated carbocycles. The number of fused-ring (bicyclic) bond motifs is 2. The van der Waals surface area contributed by atoms with Gasteiger partial charge in [0.25, 0.3) is 0 Å². The summed E-state index contributed by atoms with van der Waals surface area (Å²) in [5, 5.41) is 3.54. The molecule has 28 heavy (non-hydrogen) atoms. The lowest BCUT2D eigenvalue weighted by molar-refractivity contribution is 0.150. The third-order valence-corrected chi connectivity index (χ3v) is 6.26. The van der Waals surface area contributed by atoms with Gasteiger partial charge >= 0.3 is 0 Å². The number of aryl methyl sites for hydroxylation is 1. The fraction of sp³-hybridized carbons (Fsp3) is 0.591. The molecule has 6 nitrogen and oxygen atoms in total. The lowest BCUT2D eigenvalue weighted by Gasteiger charge is -2.39. The Kier molecular flexibility index (Phi) is 5.87. The predicted octanol–water partition coefficient (Wildman–Crippen LogP) is 3.11. The van der Waals surface area contributed by atoms with Crippen LogP contribution >= 0.6 is 0 Å². The number of aromatic nitrogens is 3. The summed E-state index contributed by atoms with van der Waals surface area (Å²) in [5.41, 5.74) is 4.25. The normalized spacial score (nSPS) is 18.4. The van der Waals surface area contributed by atoms with Crippen molar-refractivity contribution in [2.24, 2.45) is 0 Å². The molecule has 2 aliphatic rings. The first kappa shape index (κ1) is 19.3. The smallest absolute Gasteiger partial charge is 0.133 e. The maximum absolute atomic E-state index is 5.16. The van der Waals surface area contributed by atoms with E-state index in [1.165, 1.54) is 36.1 Å². The third kappa shape index (κ3) is 4.03. The molecular formula is C22H31N5O. The van der Waals surface area contributed by atoms with Crippen LogP contribution in [0, 0.1) is 6.92 Å². The SMILES string of the molecule is COCCCNc1nc(C)nc2c1CCC21CCN(Cc2ccncc2)CC1. The standard InChI is InChI=1S/C22H31N5O/c1-17-25-20-19(21(26-17)24-10-3-15-28-2)4-7-22(20)8-13-27(14-9-22)16-18-5-11-23-12-6-18/h5-6,11-12H,3-4,7-10,13-16H2,1-2H3,(H,24,25,26). The van der Waals surface area contributed by atoms with E-state index in [0.717, 1.165) is 57.3 Å². The number of hydrogen-bond acceptors (Lipinski definition) is 6. The first-order valence-electron chi connectivity index (χ1n) is 10.4. The Morgan fingerprint density at radius 3 is 2.68 bits per heavy atom. The van der Waals surface area contributed by atoms with Crippen molar-refractivity contribution in [2.45, 2.75) is 51.0 Å². The number of nitrogens with zero attached hydrogens (tertiary/aromatic N) is 4. The third-order valence-electron chi connectivity index (χ3n) is 6.26. The van der Waals surface area contributed by atoms with Gasteiger partial charge in [-0.2, -0.15) is 0 Å². The van der Waals surface area contributed by atoms with E-state index in [2.05, 4.69) is 27.3 Å². The molecule has 2 aromatic heterocycles. The van der Waals surface area contributed by atoms with Gasteiger partial charge in [-0.15, -0.1) is 0 Å². The van der Waals surface area contributed by atoms with Crippen LogP contribution in [0.5, 0.6) is 0 Å². The minimum Gasteiger partial charge on any atom is -0.385 e. The number of ether oxygens (including phenoxy) is 1. The number of piperidine rings is 1. The molecule has 3 heterocycles. The van der Waals surface area contributed by atoms with E-state index >= 15 is 0 Å². The van der Waals surface area contributed by atoms with Gasteiger partial charge in [-0.05, 0) is 69.8 Å². The Hall–Kier alpha value is -2.05. The van der Waals surface area contributed by atoms with Crippen LogP contribution in [-0.2, 0) is 23.1 Å². The number of nitrogens with one attached hydrogen (secondary N) is 1. The number of pyridine rings is 1. The van der Waals surface area contributed by atoms with Crippen molar-refractivity contribution < 1.29 is 4.74 Å². The van der Waals surface area contributed by atoms with Crippen molar-refractivity contribution in [1.29, 1.82) is 0 Å². The summed E-state index contributed by atoms with van der Waals surface area (Å²) >= 11 is 0. The highest BCUT2D eigenvalue weighted by Crippen LogP contribution is 2.47. The van der Waals surface area contributed by atoms with Gasteiger partial charge in [0.2, 0.25) is 0 Å². The molecule has 1 fully saturated rings. The Morgan fingerprint density at radius 1 is 1.14 bits per heavy atom. The molecule has 0 aromatic carbocycles. The van der Waals surface area contributed by atoms with Gasteiger partial charge in [-0.3, -0.25) is 9.88 Å². The van der Waals surface area contributed by atoms with Gasteiger partial charge in [0.05, 0.1) is 5.69 Å². The van der Waals surface area contributed by atoms with Crippen molar-refractivity contribution in [3.63, 3.8) is 0 Å². The van der Waals surface area contributed by atoms with Crippen LogP contribution in [0.25, 0.3) is 0 Å². The first-order valence-corrected chi connectivity index (χ1v) is 10.4. The molecule has 1 aliphatic carbocycles. The van der Waals surface area contributed by atoms with E-state index in [9.17, 15) is 0 Å². The number of hydrogen-bond donors (Lipinski definition) is 1. The zero-order valence-electron chi connectivity index (χ0n) is 17.1. The second-order valence-electron chi connectivity index (χ2n) is 8.13. The predicted molar refractivity (Wildman–Crippen MR) is 110 cm³/mol. The van der Waals surface area contributed by atoms with Crippen molar-refractivity contribution in [3.8, 4) is 0 Å². The molecule has 0 radical (unpaired) electrons. The molecule has 150 valence electrons. The summed E-state index contributed by atoms with van der Waals surface area (Å²) in [7, 11) is 1.75. The molecule has 2 aromatic rings. The lowest BCUT2D eigenvalue weighted by Crippen LogP contribution is -2.41. The van der Waals surface area contributed by atoms with Gasteiger partial charge < -0.3 is 10.1 Å². The molecule has 0 atom stereocenters. The zero-order chi connectivity index (χ0) is 19.4. The zero-order valence-corrected chi connectivity index (χ0v) is 17.1. The fourth-order valence-corrected chi connectivity index (χ4v) is 4.70. The molecule has 0 amide bonds. The summed E-state index contributed by atoms with van der Waals surface area (Å²) in [5.74, 6) is 1.93. The summed E-state index contributed by atoms with van der Waals surface area (Å²) in [6.45, 7) is 6.95. The van der Waals surface area contributed by atoms with E-state index in [-0.39, 0.29) is 5.41 Å². The largest absolute Gasteiger partial charge is 0.385 e. The molecule has 6 heteroatoms. The van der Waals surface area contributed by atoms with Crippen LogP contribution in [0.1, 0.15) is 48.3 Å². The second-order valence-corrected chi connectivity index (χ2v) is 8.13. The van der Waals surface area contributed by atoms with Crippen molar-refractivity contribution in [3.05, 3.63) is 47.2 Å². The minimum absolute atomic E-state index is 0.237. The van der Waals surface area contributed by atoms with E-state index in [4.69, 9.17) is 14.7 Å². The van der Waals surface area contributed by atoms with Crippen LogP contribution in [0.4, 0.5) is 5.82 Å². The van der Waals surface area contributed by atoms with Crippen molar-refractivity contribution in [1.82, 2.24) is 19.9 Å². The van der Waals surface area contributed by atoms with E-state index in [1.54, 1.807) is 7.11 Å². The highest BCUT2D eigenvalue weighted by molar-refractivity contribution is 5.52. The summed E-state index contributed by atoms with van der Waals surface area (Å²) in [6.07, 6.45) is 9.42. The number of anilines is 1. The highest BCUT2D eigenvalue weighted by Gasteiger charge is 2.43. The van der Waals surface area contributed by atoms with Gasteiger partial charge in [0.15, 0.2) is 0 Å². The van der Waals surface area contributed by atoms with Crippen LogP contribution in [-0.4, -0.2) is 53.2 Å².